The lowest BCUT2D eigenvalue weighted by Crippen LogP contribution is -2.54. The van der Waals surface area contributed by atoms with E-state index >= 15 is 0 Å². The quantitative estimate of drug-likeness (QED) is 0.412. The number of nitrogens with zero attached hydrogens (tertiary/aromatic N) is 1. The van der Waals surface area contributed by atoms with Gasteiger partial charge in [0.25, 0.3) is 11.8 Å². The molecule has 11 heteroatoms. The summed E-state index contributed by atoms with van der Waals surface area (Å²) in [5, 5.41) is 11.3. The second kappa shape index (κ2) is 10.8. The number of anilines is 2. The molecule has 0 radical (unpaired) electrons. The molecular formula is C26H26ClN5O5. The van der Waals surface area contributed by atoms with Gasteiger partial charge in [-0.05, 0) is 60.7 Å². The number of halogens is 1. The Morgan fingerprint density at radius 1 is 1.14 bits per heavy atom. The van der Waals surface area contributed by atoms with Crippen LogP contribution in [0, 0.1) is 6.92 Å². The summed E-state index contributed by atoms with van der Waals surface area (Å²) in [5.74, 6) is -2.39. The Kier molecular flexibility index (Phi) is 7.58. The molecule has 1 saturated heterocycles. The number of carbonyl (C=O) groups excluding carboxylic acids is 5. The van der Waals surface area contributed by atoms with E-state index in [0.29, 0.717) is 22.9 Å². The molecule has 0 aromatic heterocycles. The average molecular weight is 524 g/mol. The van der Waals surface area contributed by atoms with Crippen molar-refractivity contribution in [3.05, 3.63) is 70.4 Å². The molecule has 37 heavy (non-hydrogen) atoms. The molecule has 4 rings (SSSR count). The van der Waals surface area contributed by atoms with Gasteiger partial charge in [-0.1, -0.05) is 30.7 Å². The maximum atomic E-state index is 12.9. The Hall–Kier alpha value is -4.18. The molecular weight excluding hydrogens is 498 g/mol. The van der Waals surface area contributed by atoms with Gasteiger partial charge in [0.1, 0.15) is 11.7 Å². The van der Waals surface area contributed by atoms with Gasteiger partial charge >= 0.3 is 6.03 Å². The van der Waals surface area contributed by atoms with Gasteiger partial charge in [-0.25, -0.2) is 4.79 Å². The van der Waals surface area contributed by atoms with Crippen LogP contribution in [0.15, 0.2) is 54.2 Å². The van der Waals surface area contributed by atoms with E-state index in [9.17, 15) is 24.0 Å². The first-order chi connectivity index (χ1) is 17.6. The molecule has 4 N–H and O–H groups in total. The second-order valence-corrected chi connectivity index (χ2v) is 9.40. The topological polar surface area (TPSA) is 137 Å². The van der Waals surface area contributed by atoms with Crippen LogP contribution < -0.4 is 21.3 Å². The highest BCUT2D eigenvalue weighted by Crippen LogP contribution is 2.25. The summed E-state index contributed by atoms with van der Waals surface area (Å²) in [6.45, 7) is 4.15. The van der Waals surface area contributed by atoms with Gasteiger partial charge in [0.05, 0.1) is 0 Å². The normalized spacial score (nSPS) is 18.3. The van der Waals surface area contributed by atoms with Crippen LogP contribution in [0.5, 0.6) is 0 Å². The molecule has 2 aromatic carbocycles. The van der Waals surface area contributed by atoms with Crippen LogP contribution in [0.1, 0.15) is 36.8 Å². The molecule has 0 saturated carbocycles. The van der Waals surface area contributed by atoms with Crippen molar-refractivity contribution < 1.29 is 24.0 Å². The second-order valence-electron chi connectivity index (χ2n) is 8.99. The number of urea groups is 1. The molecule has 6 amide bonds. The number of aryl methyl sites for hydroxylation is 1. The summed E-state index contributed by atoms with van der Waals surface area (Å²) in [5.41, 5.74) is 2.99. The lowest BCUT2D eigenvalue weighted by molar-refractivity contribution is -0.149. The van der Waals surface area contributed by atoms with E-state index in [-0.39, 0.29) is 30.5 Å². The fourth-order valence-electron chi connectivity index (χ4n) is 4.14. The maximum Gasteiger partial charge on any atom is 0.319 e. The monoisotopic (exact) mass is 523 g/mol. The summed E-state index contributed by atoms with van der Waals surface area (Å²) in [7, 11) is 0. The van der Waals surface area contributed by atoms with Crippen LogP contribution in [0.4, 0.5) is 16.2 Å². The Morgan fingerprint density at radius 3 is 2.65 bits per heavy atom. The summed E-state index contributed by atoms with van der Waals surface area (Å²) in [6, 6.07) is 11.1. The van der Waals surface area contributed by atoms with Crippen molar-refractivity contribution >= 4 is 52.6 Å². The van der Waals surface area contributed by atoms with E-state index in [4.69, 9.17) is 11.6 Å². The number of rotatable bonds is 7. The van der Waals surface area contributed by atoms with E-state index < -0.39 is 29.7 Å². The largest absolute Gasteiger partial charge is 0.351 e. The van der Waals surface area contributed by atoms with Gasteiger partial charge in [-0.15, -0.1) is 0 Å². The summed E-state index contributed by atoms with van der Waals surface area (Å²) in [6.07, 6.45) is 1.29. The van der Waals surface area contributed by atoms with E-state index in [2.05, 4.69) is 21.3 Å². The van der Waals surface area contributed by atoms with Gasteiger partial charge in [0.2, 0.25) is 11.8 Å². The van der Waals surface area contributed by atoms with Crippen molar-refractivity contribution in [1.29, 1.82) is 0 Å². The summed E-state index contributed by atoms with van der Waals surface area (Å²) in [4.78, 5) is 62.1. The van der Waals surface area contributed by atoms with Gasteiger partial charge < -0.3 is 16.0 Å². The van der Waals surface area contributed by atoms with Crippen LogP contribution in [0.3, 0.4) is 0 Å². The highest BCUT2D eigenvalue weighted by Gasteiger charge is 2.42. The standard InChI is InChI=1S/C26H26ClN5O5/c1-14-10-18(6-7-19(14)27)30-26(37)28-13-15(2)16-4-3-5-17(11-16)29-20-12-23(34)32(25(20)36)21-8-9-22(33)31-24(21)35/h3-7,10-12,15,21,29H,8-9,13H2,1-2H3,(H2,28,30,37)(H,31,33,35). The number of nitrogens with one attached hydrogen (secondary N) is 4. The Balaban J connectivity index is 1.35. The maximum absolute atomic E-state index is 12.9. The molecule has 0 spiro atoms. The van der Waals surface area contributed by atoms with E-state index in [1.54, 1.807) is 30.3 Å². The van der Waals surface area contributed by atoms with Gasteiger partial charge in [-0.2, -0.15) is 0 Å². The van der Waals surface area contributed by atoms with Crippen molar-refractivity contribution in [2.45, 2.75) is 38.6 Å². The highest BCUT2D eigenvalue weighted by molar-refractivity contribution is 6.31. The van der Waals surface area contributed by atoms with Crippen molar-refractivity contribution in [1.82, 2.24) is 15.5 Å². The fourth-order valence-corrected chi connectivity index (χ4v) is 4.26. The molecule has 1 fully saturated rings. The number of carbonyl (C=O) groups is 5. The average Bonchev–Trinajstić information content (AvgIpc) is 3.12. The summed E-state index contributed by atoms with van der Waals surface area (Å²) < 4.78 is 0. The third kappa shape index (κ3) is 5.97. The fraction of sp³-hybridized carbons (Fsp3) is 0.269. The number of imide groups is 2. The molecule has 2 aromatic rings. The van der Waals surface area contributed by atoms with E-state index in [0.717, 1.165) is 22.1 Å². The smallest absolute Gasteiger partial charge is 0.319 e. The lowest BCUT2D eigenvalue weighted by Gasteiger charge is -2.28. The molecule has 2 aliphatic heterocycles. The minimum absolute atomic E-state index is 0.0373. The van der Waals surface area contributed by atoms with Crippen LogP contribution in [-0.2, 0) is 19.2 Å². The summed E-state index contributed by atoms with van der Waals surface area (Å²) >= 11 is 6.02. The SMILES string of the molecule is Cc1cc(NC(=O)NCC(C)c2cccc(NC3=CC(=O)N(C4CCC(=O)NC4=O)C3=O)c2)ccc1Cl. The van der Waals surface area contributed by atoms with Crippen molar-refractivity contribution in [3.8, 4) is 0 Å². The van der Waals surface area contributed by atoms with Gasteiger partial charge in [-0.3, -0.25) is 29.4 Å². The number of hydrogen-bond acceptors (Lipinski definition) is 6. The first kappa shape index (κ1) is 25.9. The first-order valence-corrected chi connectivity index (χ1v) is 12.1. The molecule has 2 heterocycles. The number of hydrogen-bond donors (Lipinski definition) is 4. The van der Waals surface area contributed by atoms with Crippen LogP contribution in [0.25, 0.3) is 0 Å². The molecule has 10 nitrogen and oxygen atoms in total. The number of benzene rings is 2. The van der Waals surface area contributed by atoms with Crippen molar-refractivity contribution in [2.24, 2.45) is 0 Å². The third-order valence-electron chi connectivity index (χ3n) is 6.20. The predicted octanol–water partition coefficient (Wildman–Crippen LogP) is 3.04. The Morgan fingerprint density at radius 2 is 1.92 bits per heavy atom. The number of amides is 6. The third-order valence-corrected chi connectivity index (χ3v) is 6.62. The highest BCUT2D eigenvalue weighted by atomic mass is 35.5. The molecule has 2 atom stereocenters. The minimum Gasteiger partial charge on any atom is -0.351 e. The zero-order chi connectivity index (χ0) is 26.7. The zero-order valence-electron chi connectivity index (χ0n) is 20.3. The van der Waals surface area contributed by atoms with Gasteiger partial charge in [0.15, 0.2) is 0 Å². The van der Waals surface area contributed by atoms with Crippen molar-refractivity contribution in [2.75, 3.05) is 17.2 Å². The number of piperidine rings is 1. The molecule has 2 unspecified atom stereocenters. The van der Waals surface area contributed by atoms with Crippen LogP contribution in [0.2, 0.25) is 5.02 Å². The molecule has 2 aliphatic rings. The lowest BCUT2D eigenvalue weighted by atomic mass is 10.0. The molecule has 192 valence electrons. The van der Waals surface area contributed by atoms with Crippen molar-refractivity contribution in [3.63, 3.8) is 0 Å². The zero-order valence-corrected chi connectivity index (χ0v) is 21.0. The Bertz CT molecular complexity index is 1320. The van der Waals surface area contributed by atoms with E-state index in [1.165, 1.54) is 0 Å². The van der Waals surface area contributed by atoms with E-state index in [1.807, 2.05) is 26.0 Å². The molecule has 0 aliphatic carbocycles. The van der Waals surface area contributed by atoms with Gasteiger partial charge in [0, 0.05) is 35.4 Å². The molecule has 0 bridgehead atoms. The first-order valence-electron chi connectivity index (χ1n) is 11.7. The van der Waals surface area contributed by atoms with Crippen LogP contribution >= 0.6 is 11.6 Å². The predicted molar refractivity (Wildman–Crippen MR) is 138 cm³/mol. The van der Waals surface area contributed by atoms with Crippen LogP contribution in [-0.4, -0.2) is 47.1 Å². The Labute approximate surface area is 218 Å². The minimum atomic E-state index is -1.02.